The summed E-state index contributed by atoms with van der Waals surface area (Å²) in [6, 6.07) is 0. The fourth-order valence-electron chi connectivity index (χ4n) is 1.44. The van der Waals surface area contributed by atoms with Crippen molar-refractivity contribution < 1.29 is 5.11 Å². The van der Waals surface area contributed by atoms with Gasteiger partial charge in [0.15, 0.2) is 0 Å². The zero-order valence-corrected chi connectivity index (χ0v) is 8.07. The molecule has 0 amide bonds. The molecule has 3 nitrogen and oxygen atoms in total. The Kier molecular flexibility index (Phi) is 2.52. The smallest absolute Gasteiger partial charge is 0.0593 e. The van der Waals surface area contributed by atoms with E-state index in [1.807, 2.05) is 31.8 Å². The molecule has 0 bridgehead atoms. The summed E-state index contributed by atoms with van der Waals surface area (Å²) in [6.07, 6.45) is 1.51. The third-order valence-electron chi connectivity index (χ3n) is 2.33. The van der Waals surface area contributed by atoms with Gasteiger partial charge in [-0.25, -0.2) is 0 Å². The molecular formula is C9H16N2O. The Morgan fingerprint density at radius 2 is 2.08 bits per heavy atom. The zero-order valence-electron chi connectivity index (χ0n) is 8.07. The molecule has 1 N–H and O–H groups in total. The van der Waals surface area contributed by atoms with Crippen molar-refractivity contribution in [2.45, 2.75) is 32.8 Å². The summed E-state index contributed by atoms with van der Waals surface area (Å²) >= 11 is 0. The molecule has 3 heteroatoms. The average molecular weight is 168 g/mol. The minimum atomic E-state index is -0.320. The fourth-order valence-corrected chi connectivity index (χ4v) is 1.44. The maximum Gasteiger partial charge on any atom is 0.0593 e. The molecule has 0 aliphatic carbocycles. The van der Waals surface area contributed by atoms with E-state index in [1.165, 1.54) is 0 Å². The van der Waals surface area contributed by atoms with Crippen LogP contribution < -0.4 is 0 Å². The van der Waals surface area contributed by atoms with Crippen LogP contribution in [0.15, 0.2) is 6.20 Å². The highest BCUT2D eigenvalue weighted by Gasteiger charge is 2.17. The third-order valence-corrected chi connectivity index (χ3v) is 2.33. The van der Waals surface area contributed by atoms with Gasteiger partial charge in [-0.1, -0.05) is 6.92 Å². The third kappa shape index (κ3) is 1.50. The summed E-state index contributed by atoms with van der Waals surface area (Å²) in [5.74, 6) is 0.150. The second-order valence-electron chi connectivity index (χ2n) is 3.37. The van der Waals surface area contributed by atoms with Gasteiger partial charge in [0.1, 0.15) is 0 Å². The van der Waals surface area contributed by atoms with Gasteiger partial charge in [0.05, 0.1) is 12.3 Å². The number of aryl methyl sites for hydroxylation is 2. The maximum atomic E-state index is 9.40. The highest BCUT2D eigenvalue weighted by Crippen LogP contribution is 2.21. The molecule has 0 saturated heterocycles. The number of hydrogen-bond acceptors (Lipinski definition) is 2. The fraction of sp³-hybridized carbons (Fsp3) is 0.667. The highest BCUT2D eigenvalue weighted by atomic mass is 16.3. The number of aliphatic hydroxyl groups is 1. The lowest BCUT2D eigenvalue weighted by molar-refractivity contribution is 0.165. The summed E-state index contributed by atoms with van der Waals surface area (Å²) in [5.41, 5.74) is 2.26. The molecule has 2 atom stereocenters. The predicted molar refractivity (Wildman–Crippen MR) is 48.0 cm³/mol. The van der Waals surface area contributed by atoms with Gasteiger partial charge in [-0.3, -0.25) is 4.68 Å². The summed E-state index contributed by atoms with van der Waals surface area (Å²) in [6.45, 7) is 5.83. The molecule has 1 aromatic rings. The lowest BCUT2D eigenvalue weighted by Crippen LogP contribution is -2.15. The Bertz CT molecular complexity index is 246. The molecular weight excluding hydrogens is 152 g/mol. The van der Waals surface area contributed by atoms with Crippen LogP contribution in [0.4, 0.5) is 0 Å². The Balaban J connectivity index is 3.00. The van der Waals surface area contributed by atoms with Gasteiger partial charge < -0.3 is 5.11 Å². The molecule has 1 rings (SSSR count). The highest BCUT2D eigenvalue weighted by molar-refractivity contribution is 5.20. The van der Waals surface area contributed by atoms with E-state index in [-0.39, 0.29) is 12.0 Å². The molecule has 0 spiro atoms. The summed E-state index contributed by atoms with van der Waals surface area (Å²) in [5, 5.41) is 13.5. The average Bonchev–Trinajstić information content (AvgIpc) is 2.30. The van der Waals surface area contributed by atoms with Crippen LogP contribution in [-0.2, 0) is 7.05 Å². The van der Waals surface area contributed by atoms with E-state index in [2.05, 4.69) is 5.10 Å². The second kappa shape index (κ2) is 3.27. The molecule has 68 valence electrons. The Morgan fingerprint density at radius 3 is 2.42 bits per heavy atom. The largest absolute Gasteiger partial charge is 0.393 e. The maximum absolute atomic E-state index is 9.40. The number of aliphatic hydroxyl groups excluding tert-OH is 1. The van der Waals surface area contributed by atoms with Gasteiger partial charge in [-0.15, -0.1) is 0 Å². The molecule has 12 heavy (non-hydrogen) atoms. The minimum Gasteiger partial charge on any atom is -0.393 e. The summed E-state index contributed by atoms with van der Waals surface area (Å²) in [7, 11) is 1.90. The first-order valence-corrected chi connectivity index (χ1v) is 4.20. The monoisotopic (exact) mass is 168 g/mol. The van der Waals surface area contributed by atoms with Crippen molar-refractivity contribution in [3.8, 4) is 0 Å². The van der Waals surface area contributed by atoms with Crippen LogP contribution in [0.5, 0.6) is 0 Å². The first-order valence-electron chi connectivity index (χ1n) is 4.20. The van der Waals surface area contributed by atoms with Gasteiger partial charge in [-0.05, 0) is 19.4 Å². The number of aromatic nitrogens is 2. The summed E-state index contributed by atoms with van der Waals surface area (Å²) < 4.78 is 1.83. The van der Waals surface area contributed by atoms with E-state index < -0.39 is 0 Å². The lowest BCUT2D eigenvalue weighted by atomic mass is 9.99. The molecule has 0 aliphatic rings. The van der Waals surface area contributed by atoms with Crippen LogP contribution in [-0.4, -0.2) is 21.0 Å². The molecule has 0 fully saturated rings. The van der Waals surface area contributed by atoms with Crippen LogP contribution in [0.2, 0.25) is 0 Å². The molecule has 1 aromatic heterocycles. The van der Waals surface area contributed by atoms with Crippen molar-refractivity contribution in [2.24, 2.45) is 7.05 Å². The van der Waals surface area contributed by atoms with Gasteiger partial charge >= 0.3 is 0 Å². The number of hydrogen-bond donors (Lipinski definition) is 1. The predicted octanol–water partition coefficient (Wildman–Crippen LogP) is 1.21. The Morgan fingerprint density at radius 1 is 1.50 bits per heavy atom. The van der Waals surface area contributed by atoms with Crippen molar-refractivity contribution in [1.29, 1.82) is 0 Å². The van der Waals surface area contributed by atoms with E-state index in [0.29, 0.717) is 0 Å². The Labute approximate surface area is 73.0 Å². The van der Waals surface area contributed by atoms with Crippen molar-refractivity contribution in [2.75, 3.05) is 0 Å². The number of nitrogens with zero attached hydrogens (tertiary/aromatic N) is 2. The van der Waals surface area contributed by atoms with Crippen LogP contribution >= 0.6 is 0 Å². The topological polar surface area (TPSA) is 38.0 Å². The second-order valence-corrected chi connectivity index (χ2v) is 3.37. The van der Waals surface area contributed by atoms with Crippen LogP contribution in [0.1, 0.15) is 31.0 Å². The normalized spacial score (nSPS) is 16.1. The molecule has 0 aromatic carbocycles. The Hall–Kier alpha value is -0.830. The van der Waals surface area contributed by atoms with Crippen molar-refractivity contribution in [1.82, 2.24) is 9.78 Å². The number of rotatable bonds is 2. The standard InChI is InChI=1S/C9H16N2O/c1-6-5-10-11(4)9(6)7(2)8(3)12/h5,7-8,12H,1-4H3. The SMILES string of the molecule is Cc1cnn(C)c1C(C)C(C)O. The van der Waals surface area contributed by atoms with Gasteiger partial charge in [0.2, 0.25) is 0 Å². The van der Waals surface area contributed by atoms with Crippen LogP contribution in [0.3, 0.4) is 0 Å². The van der Waals surface area contributed by atoms with E-state index in [9.17, 15) is 5.11 Å². The first-order chi connectivity index (χ1) is 5.54. The quantitative estimate of drug-likeness (QED) is 0.721. The van der Waals surface area contributed by atoms with Crippen LogP contribution in [0, 0.1) is 6.92 Å². The van der Waals surface area contributed by atoms with E-state index >= 15 is 0 Å². The first kappa shape index (κ1) is 9.26. The lowest BCUT2D eigenvalue weighted by Gasteiger charge is -2.15. The van der Waals surface area contributed by atoms with Crippen LogP contribution in [0.25, 0.3) is 0 Å². The van der Waals surface area contributed by atoms with E-state index in [1.54, 1.807) is 6.92 Å². The molecule has 0 radical (unpaired) electrons. The van der Waals surface area contributed by atoms with E-state index in [0.717, 1.165) is 11.3 Å². The van der Waals surface area contributed by atoms with Gasteiger partial charge in [0.25, 0.3) is 0 Å². The van der Waals surface area contributed by atoms with Crippen molar-refractivity contribution in [3.05, 3.63) is 17.5 Å². The van der Waals surface area contributed by atoms with Crippen molar-refractivity contribution >= 4 is 0 Å². The van der Waals surface area contributed by atoms with E-state index in [4.69, 9.17) is 0 Å². The molecule has 2 unspecified atom stereocenters. The molecule has 0 saturated carbocycles. The van der Waals surface area contributed by atoms with Gasteiger partial charge in [0, 0.05) is 18.7 Å². The molecule has 1 heterocycles. The summed E-state index contributed by atoms with van der Waals surface area (Å²) in [4.78, 5) is 0. The van der Waals surface area contributed by atoms with Crippen molar-refractivity contribution in [3.63, 3.8) is 0 Å². The zero-order chi connectivity index (χ0) is 9.30. The van der Waals surface area contributed by atoms with Gasteiger partial charge in [-0.2, -0.15) is 5.10 Å². The minimum absolute atomic E-state index is 0.150. The molecule has 0 aliphatic heterocycles.